The summed E-state index contributed by atoms with van der Waals surface area (Å²) in [6.45, 7) is 14.0. The Morgan fingerprint density at radius 2 is 0.887 bits per heavy atom. The smallest absolute Gasteiger partial charge is 0.0716 e. The quantitative estimate of drug-likeness (QED) is 0.111. The van der Waals surface area contributed by atoms with Crippen molar-refractivity contribution in [1.29, 1.82) is 0 Å². The predicted molar refractivity (Wildman–Crippen MR) is 222 cm³/mol. The SMILES string of the molecule is CC(C)c1nc(CNCCCNCc2cc3c4ccccc4n(Cc4ccccc4)c3c(C(C)C)n2)cc2c3ccccc3n(Cc3ccccc3)c12. The summed E-state index contributed by atoms with van der Waals surface area (Å²) >= 11 is 0. The molecule has 0 amide bonds. The molecule has 8 rings (SSSR count). The molecule has 0 aliphatic carbocycles. The molecule has 2 N–H and O–H groups in total. The largest absolute Gasteiger partial charge is 0.334 e. The summed E-state index contributed by atoms with van der Waals surface area (Å²) < 4.78 is 4.93. The second-order valence-corrected chi connectivity index (χ2v) is 15.0. The zero-order chi connectivity index (χ0) is 36.3. The van der Waals surface area contributed by atoms with Gasteiger partial charge in [-0.05, 0) is 66.7 Å². The fourth-order valence-electron chi connectivity index (χ4n) is 7.94. The van der Waals surface area contributed by atoms with Crippen molar-refractivity contribution in [3.8, 4) is 0 Å². The number of hydrogen-bond donors (Lipinski definition) is 2. The van der Waals surface area contributed by atoms with Crippen LogP contribution in [0.15, 0.2) is 121 Å². The normalized spacial score (nSPS) is 12.0. The van der Waals surface area contributed by atoms with Gasteiger partial charge in [0.25, 0.3) is 0 Å². The third-order valence-corrected chi connectivity index (χ3v) is 10.4. The van der Waals surface area contributed by atoms with Crippen LogP contribution in [0.4, 0.5) is 0 Å². The predicted octanol–water partition coefficient (Wildman–Crippen LogP) is 10.3. The Labute approximate surface area is 312 Å². The molecule has 0 radical (unpaired) electrons. The van der Waals surface area contributed by atoms with Gasteiger partial charge in [-0.1, -0.05) is 125 Å². The van der Waals surface area contributed by atoms with Gasteiger partial charge >= 0.3 is 0 Å². The number of pyridine rings is 2. The minimum absolute atomic E-state index is 0.310. The van der Waals surface area contributed by atoms with Gasteiger partial charge in [0.15, 0.2) is 0 Å². The molecule has 268 valence electrons. The minimum Gasteiger partial charge on any atom is -0.334 e. The maximum absolute atomic E-state index is 5.26. The zero-order valence-electron chi connectivity index (χ0n) is 31.4. The van der Waals surface area contributed by atoms with E-state index in [4.69, 9.17) is 9.97 Å². The lowest BCUT2D eigenvalue weighted by atomic mass is 10.0. The Bertz CT molecular complexity index is 2320. The highest BCUT2D eigenvalue weighted by atomic mass is 15.0. The van der Waals surface area contributed by atoms with E-state index in [0.29, 0.717) is 11.8 Å². The van der Waals surface area contributed by atoms with Gasteiger partial charge in [0, 0.05) is 58.8 Å². The van der Waals surface area contributed by atoms with Gasteiger partial charge in [0.2, 0.25) is 0 Å². The first-order chi connectivity index (χ1) is 26.0. The molecule has 4 aromatic carbocycles. The highest BCUT2D eigenvalue weighted by molar-refractivity contribution is 6.10. The molecule has 4 aromatic heterocycles. The van der Waals surface area contributed by atoms with Crippen LogP contribution in [-0.2, 0) is 26.2 Å². The van der Waals surface area contributed by atoms with Crippen molar-refractivity contribution in [3.05, 3.63) is 155 Å². The summed E-state index contributed by atoms with van der Waals surface area (Å²) in [4.78, 5) is 10.5. The van der Waals surface area contributed by atoms with Crippen LogP contribution in [0.1, 0.15) is 79.9 Å². The van der Waals surface area contributed by atoms with Crippen molar-refractivity contribution in [2.45, 2.75) is 72.1 Å². The fourth-order valence-corrected chi connectivity index (χ4v) is 7.94. The molecule has 0 saturated heterocycles. The number of aromatic nitrogens is 4. The Morgan fingerprint density at radius 1 is 0.491 bits per heavy atom. The molecular weight excluding hydrogens is 649 g/mol. The molecule has 0 atom stereocenters. The van der Waals surface area contributed by atoms with Crippen molar-refractivity contribution < 1.29 is 0 Å². The molecule has 53 heavy (non-hydrogen) atoms. The van der Waals surface area contributed by atoms with E-state index in [1.165, 1.54) is 66.1 Å². The Hall–Kier alpha value is -5.30. The first kappa shape index (κ1) is 34.8. The van der Waals surface area contributed by atoms with E-state index in [-0.39, 0.29) is 0 Å². The molecule has 0 aliphatic rings. The van der Waals surface area contributed by atoms with E-state index in [2.05, 4.69) is 169 Å². The van der Waals surface area contributed by atoms with Crippen molar-refractivity contribution in [1.82, 2.24) is 29.7 Å². The van der Waals surface area contributed by atoms with Crippen LogP contribution >= 0.6 is 0 Å². The number of nitrogens with one attached hydrogen (secondary N) is 2. The second-order valence-electron chi connectivity index (χ2n) is 15.0. The molecule has 0 unspecified atom stereocenters. The summed E-state index contributed by atoms with van der Waals surface area (Å²) in [7, 11) is 0. The third kappa shape index (κ3) is 7.09. The fraction of sp³-hybridized carbons (Fsp3) is 0.277. The number of rotatable bonds is 14. The number of para-hydroxylation sites is 2. The van der Waals surface area contributed by atoms with E-state index in [9.17, 15) is 0 Å². The Morgan fingerprint density at radius 3 is 1.30 bits per heavy atom. The molecule has 8 aromatic rings. The van der Waals surface area contributed by atoms with Crippen molar-refractivity contribution in [3.63, 3.8) is 0 Å². The van der Waals surface area contributed by atoms with Crippen molar-refractivity contribution in [2.75, 3.05) is 13.1 Å². The number of benzene rings is 4. The zero-order valence-corrected chi connectivity index (χ0v) is 31.4. The average molecular weight is 699 g/mol. The molecule has 6 nitrogen and oxygen atoms in total. The van der Waals surface area contributed by atoms with Gasteiger partial charge in [-0.2, -0.15) is 0 Å². The van der Waals surface area contributed by atoms with Gasteiger partial charge in [-0.3, -0.25) is 9.97 Å². The van der Waals surface area contributed by atoms with Crippen LogP contribution < -0.4 is 10.6 Å². The van der Waals surface area contributed by atoms with Crippen LogP contribution in [0.3, 0.4) is 0 Å². The number of fused-ring (bicyclic) bond motifs is 6. The first-order valence-electron chi connectivity index (χ1n) is 19.3. The molecule has 0 fully saturated rings. The number of hydrogen-bond acceptors (Lipinski definition) is 4. The first-order valence-corrected chi connectivity index (χ1v) is 19.3. The lowest BCUT2D eigenvalue weighted by Crippen LogP contribution is -2.22. The van der Waals surface area contributed by atoms with Crippen LogP contribution in [0.25, 0.3) is 43.6 Å². The van der Waals surface area contributed by atoms with E-state index >= 15 is 0 Å². The Balaban J connectivity index is 0.946. The summed E-state index contributed by atoms with van der Waals surface area (Å²) in [5, 5.41) is 12.6. The molecular formula is C47H50N6. The maximum atomic E-state index is 5.26. The molecule has 6 heteroatoms. The lowest BCUT2D eigenvalue weighted by Gasteiger charge is -2.15. The van der Waals surface area contributed by atoms with Crippen LogP contribution in [0.5, 0.6) is 0 Å². The molecule has 0 aliphatic heterocycles. The molecule has 4 heterocycles. The van der Waals surface area contributed by atoms with Crippen molar-refractivity contribution in [2.24, 2.45) is 0 Å². The standard InChI is InChI=1S/C47H50N6/c1-32(2)44-46-40(38-20-11-13-22-42(38)52(46)30-34-16-7-5-8-17-34)26-36(50-44)28-48-24-15-25-49-29-37-27-41-39-21-12-14-23-43(39)53(31-35-18-9-6-10-19-35)47(41)45(51-37)33(3)4/h5-14,16-23,26-27,32-33,48-49H,15,24-25,28-31H2,1-4H3. The minimum atomic E-state index is 0.310. The van der Waals surface area contributed by atoms with E-state index in [0.717, 1.165) is 57.1 Å². The van der Waals surface area contributed by atoms with Gasteiger partial charge in [-0.25, -0.2) is 0 Å². The second kappa shape index (κ2) is 15.4. The van der Waals surface area contributed by atoms with Crippen molar-refractivity contribution >= 4 is 43.6 Å². The van der Waals surface area contributed by atoms with Gasteiger partial charge < -0.3 is 19.8 Å². The molecule has 0 saturated carbocycles. The molecule has 0 spiro atoms. The van der Waals surface area contributed by atoms with Gasteiger partial charge in [-0.15, -0.1) is 0 Å². The average Bonchev–Trinajstić information content (AvgIpc) is 3.66. The van der Waals surface area contributed by atoms with Crippen LogP contribution in [-0.4, -0.2) is 32.2 Å². The van der Waals surface area contributed by atoms with E-state index in [1.54, 1.807) is 0 Å². The maximum Gasteiger partial charge on any atom is 0.0716 e. The summed E-state index contributed by atoms with van der Waals surface area (Å²) in [5.41, 5.74) is 12.2. The van der Waals surface area contributed by atoms with Gasteiger partial charge in [0.1, 0.15) is 0 Å². The molecule has 0 bridgehead atoms. The Kier molecular flexibility index (Phi) is 10.1. The highest BCUT2D eigenvalue weighted by Gasteiger charge is 2.20. The van der Waals surface area contributed by atoms with E-state index < -0.39 is 0 Å². The topological polar surface area (TPSA) is 59.7 Å². The monoisotopic (exact) mass is 698 g/mol. The summed E-state index contributed by atoms with van der Waals surface area (Å²) in [6, 6.07) is 43.7. The lowest BCUT2D eigenvalue weighted by molar-refractivity contribution is 0.585. The van der Waals surface area contributed by atoms with Crippen LogP contribution in [0, 0.1) is 0 Å². The van der Waals surface area contributed by atoms with Crippen LogP contribution in [0.2, 0.25) is 0 Å². The summed E-state index contributed by atoms with van der Waals surface area (Å²) in [5.74, 6) is 0.620. The summed E-state index contributed by atoms with van der Waals surface area (Å²) in [6.07, 6.45) is 1.02. The van der Waals surface area contributed by atoms with Gasteiger partial charge in [0.05, 0.1) is 33.8 Å². The van der Waals surface area contributed by atoms with E-state index in [1.807, 2.05) is 0 Å². The number of nitrogens with zero attached hydrogens (tertiary/aromatic N) is 4. The third-order valence-electron chi connectivity index (χ3n) is 10.4. The highest BCUT2D eigenvalue weighted by Crippen LogP contribution is 2.36.